The molecule has 2 aromatic rings. The third kappa shape index (κ3) is 4.87. The predicted octanol–water partition coefficient (Wildman–Crippen LogP) is 3.59. The molecule has 0 radical (unpaired) electrons. The molecule has 2 unspecified atom stereocenters. The lowest BCUT2D eigenvalue weighted by molar-refractivity contribution is -0.386. The molecule has 0 amide bonds. The molecule has 1 fully saturated rings. The first-order chi connectivity index (χ1) is 17.8. The Bertz CT molecular complexity index is 1320. The zero-order valence-corrected chi connectivity index (χ0v) is 21.0. The molecule has 1 saturated heterocycles. The van der Waals surface area contributed by atoms with Crippen LogP contribution in [0, 0.1) is 21.4 Å². The van der Waals surface area contributed by atoms with Gasteiger partial charge in [0.1, 0.15) is 11.6 Å². The van der Waals surface area contributed by atoms with E-state index in [1.165, 1.54) is 25.1 Å². The summed E-state index contributed by atoms with van der Waals surface area (Å²) in [5.74, 6) is -5.04. The number of carbonyl (C=O) groups is 1. The first-order valence-corrected chi connectivity index (χ1v) is 11.8. The lowest BCUT2D eigenvalue weighted by Crippen LogP contribution is -2.58. The van der Waals surface area contributed by atoms with Crippen molar-refractivity contribution in [3.8, 4) is 23.0 Å². The molecule has 0 bridgehead atoms. The predicted molar refractivity (Wildman–Crippen MR) is 135 cm³/mol. The Morgan fingerprint density at radius 2 is 1.74 bits per heavy atom. The maximum absolute atomic E-state index is 12.6. The van der Waals surface area contributed by atoms with Crippen LogP contribution < -0.4 is 5.43 Å². The average Bonchev–Trinajstić information content (AvgIpc) is 3.20. The highest BCUT2D eigenvalue weighted by molar-refractivity contribution is 6.02. The van der Waals surface area contributed by atoms with Crippen molar-refractivity contribution in [2.24, 2.45) is 5.92 Å². The molecule has 0 spiro atoms. The summed E-state index contributed by atoms with van der Waals surface area (Å²) in [5, 5.41) is 82.4. The minimum atomic E-state index is -1.89. The first kappa shape index (κ1) is 28.1. The van der Waals surface area contributed by atoms with Gasteiger partial charge in [0.15, 0.2) is 22.8 Å². The van der Waals surface area contributed by atoms with Crippen LogP contribution in [0.3, 0.4) is 0 Å². The Labute approximate surface area is 217 Å². The van der Waals surface area contributed by atoms with E-state index in [2.05, 4.69) is 5.43 Å². The molecule has 1 aliphatic heterocycles. The van der Waals surface area contributed by atoms with E-state index in [0.29, 0.717) is 18.4 Å². The maximum Gasteiger partial charge on any atom is 0.331 e. The molecule has 0 saturated carbocycles. The number of amidine groups is 1. The Kier molecular flexibility index (Phi) is 7.72. The van der Waals surface area contributed by atoms with Gasteiger partial charge in [0.25, 0.3) is 0 Å². The summed E-state index contributed by atoms with van der Waals surface area (Å²) in [4.78, 5) is 23.2. The van der Waals surface area contributed by atoms with Crippen LogP contribution in [0.1, 0.15) is 50.8 Å². The number of aliphatic hydroxyl groups excluding tert-OH is 1. The fraction of sp³-hybridized carbons (Fsp3) is 0.360. The van der Waals surface area contributed by atoms with Crippen molar-refractivity contribution < 1.29 is 40.4 Å². The second kappa shape index (κ2) is 10.5. The number of nitrogens with zero attached hydrogens (tertiary/aromatic N) is 2. The van der Waals surface area contributed by atoms with Crippen molar-refractivity contribution in [3.63, 3.8) is 0 Å². The number of hydrogen-bond donors (Lipinski definition) is 8. The Morgan fingerprint density at radius 1 is 1.11 bits per heavy atom. The lowest BCUT2D eigenvalue weighted by Gasteiger charge is -2.36. The minimum Gasteiger partial charge on any atom is -0.512 e. The Morgan fingerprint density at radius 3 is 2.26 bits per heavy atom. The number of hydrazine groups is 1. The molecule has 1 aliphatic rings. The van der Waals surface area contributed by atoms with Gasteiger partial charge in [-0.2, -0.15) is 0 Å². The number of carboxylic acids is 1. The van der Waals surface area contributed by atoms with Gasteiger partial charge >= 0.3 is 11.7 Å². The van der Waals surface area contributed by atoms with Crippen molar-refractivity contribution in [1.82, 2.24) is 10.4 Å². The number of phenols is 4. The van der Waals surface area contributed by atoms with E-state index < -0.39 is 62.9 Å². The van der Waals surface area contributed by atoms with Gasteiger partial charge in [-0.15, -0.1) is 0 Å². The normalized spacial score (nSPS) is 18.5. The summed E-state index contributed by atoms with van der Waals surface area (Å²) < 4.78 is 0. The molecule has 3 rings (SSSR count). The van der Waals surface area contributed by atoms with Gasteiger partial charge in [0.2, 0.25) is 5.75 Å². The number of aliphatic hydroxyl groups is 1. The summed E-state index contributed by atoms with van der Waals surface area (Å²) >= 11 is 0. The van der Waals surface area contributed by atoms with Gasteiger partial charge in [-0.3, -0.25) is 20.5 Å². The van der Waals surface area contributed by atoms with Gasteiger partial charge < -0.3 is 30.6 Å². The molecule has 204 valence electrons. The zero-order chi connectivity index (χ0) is 28.5. The number of aliphatic carboxylic acids is 1. The molecule has 0 aromatic heterocycles. The van der Waals surface area contributed by atoms with Crippen LogP contribution in [0.4, 0.5) is 5.69 Å². The highest BCUT2D eigenvalue weighted by Crippen LogP contribution is 2.43. The third-order valence-electron chi connectivity index (χ3n) is 6.84. The number of rotatable bonds is 9. The number of phenolic OH excluding ortho intramolecular Hbond substituents is 4. The summed E-state index contributed by atoms with van der Waals surface area (Å²) in [5.41, 5.74) is 0.429. The van der Waals surface area contributed by atoms with Crippen LogP contribution in [-0.2, 0) is 11.2 Å². The van der Waals surface area contributed by atoms with E-state index >= 15 is 0 Å². The van der Waals surface area contributed by atoms with Gasteiger partial charge in [-0.25, -0.2) is 10.2 Å². The quantitative estimate of drug-likeness (QED) is 0.101. The summed E-state index contributed by atoms with van der Waals surface area (Å²) in [7, 11) is 0. The monoisotopic (exact) mass is 530 g/mol. The smallest absolute Gasteiger partial charge is 0.331 e. The molecule has 8 N–H and O–H groups in total. The van der Waals surface area contributed by atoms with E-state index in [9.17, 15) is 45.5 Å². The molecule has 1 heterocycles. The second-order valence-electron chi connectivity index (χ2n) is 9.30. The molecular weight excluding hydrogens is 500 g/mol. The van der Waals surface area contributed by atoms with Crippen molar-refractivity contribution >= 4 is 17.5 Å². The number of aromatic hydroxyl groups is 4. The van der Waals surface area contributed by atoms with E-state index in [1.807, 2.05) is 13.8 Å². The highest BCUT2D eigenvalue weighted by atomic mass is 16.6. The summed E-state index contributed by atoms with van der Waals surface area (Å²) in [6.45, 7) is 4.95. The number of hydrogen-bond acceptors (Lipinski definition) is 10. The number of allylic oxidation sites excluding steroid dienone is 1. The van der Waals surface area contributed by atoms with E-state index in [1.54, 1.807) is 0 Å². The van der Waals surface area contributed by atoms with Gasteiger partial charge in [0.05, 0.1) is 16.5 Å². The first-order valence-electron chi connectivity index (χ1n) is 11.8. The van der Waals surface area contributed by atoms with Crippen molar-refractivity contribution in [3.05, 3.63) is 62.9 Å². The number of nitro groups is 1. The van der Waals surface area contributed by atoms with Crippen LogP contribution >= 0.6 is 0 Å². The van der Waals surface area contributed by atoms with Crippen LogP contribution in [0.5, 0.6) is 23.0 Å². The SMILES string of the molecule is CCC(CC)/C(O)=C1\C(=N)N(C(C)(Cc2ccc(O)c(O)c2)C(=O)O)NC1c1cc(O)c(O)c([N+](=O)[O-])c1. The number of nitro benzene ring substituents is 1. The zero-order valence-electron chi connectivity index (χ0n) is 21.0. The van der Waals surface area contributed by atoms with Crippen molar-refractivity contribution in [2.45, 2.75) is 51.6 Å². The second-order valence-corrected chi connectivity index (χ2v) is 9.30. The van der Waals surface area contributed by atoms with Crippen molar-refractivity contribution in [2.75, 3.05) is 0 Å². The fourth-order valence-electron chi connectivity index (χ4n) is 4.57. The molecular formula is C25H30N4O9. The minimum absolute atomic E-state index is 0.00164. The van der Waals surface area contributed by atoms with Crippen LogP contribution in [-0.4, -0.2) is 57.9 Å². The molecule has 13 heteroatoms. The van der Waals surface area contributed by atoms with E-state index in [0.717, 1.165) is 17.1 Å². The topological polar surface area (TPSA) is 221 Å². The van der Waals surface area contributed by atoms with Crippen molar-refractivity contribution in [1.29, 1.82) is 5.41 Å². The van der Waals surface area contributed by atoms with Crippen LogP contribution in [0.2, 0.25) is 0 Å². The molecule has 38 heavy (non-hydrogen) atoms. The number of nitrogens with one attached hydrogen (secondary N) is 2. The Hall–Kier alpha value is -4.52. The molecule has 0 aliphatic carbocycles. The Balaban J connectivity index is 2.21. The standard InChI is InChI=1S/C25H30N4O9/c1-4-13(5-2)21(33)19-20(14-9-15(29(37)38)22(34)18(32)10-14)27-28(23(19)26)25(3,24(35)36)11-12-6-7-16(30)17(31)8-12/h6-10,13,20,26-27,30-34H,4-5,11H2,1-3H3,(H,35,36)/b21-19+,26-23?. The lowest BCUT2D eigenvalue weighted by atomic mass is 9.89. The third-order valence-corrected chi connectivity index (χ3v) is 6.84. The molecule has 2 atom stereocenters. The van der Waals surface area contributed by atoms with Gasteiger partial charge in [-0.1, -0.05) is 19.9 Å². The van der Waals surface area contributed by atoms with Gasteiger partial charge in [0, 0.05) is 18.4 Å². The highest BCUT2D eigenvalue weighted by Gasteiger charge is 2.49. The van der Waals surface area contributed by atoms with Gasteiger partial charge in [-0.05, 0) is 49.1 Å². The summed E-state index contributed by atoms with van der Waals surface area (Å²) in [6.07, 6.45) is 0.698. The number of carboxylic acid groups (broad SMARTS) is 1. The van der Waals surface area contributed by atoms with E-state index in [-0.39, 0.29) is 23.3 Å². The molecule has 2 aromatic carbocycles. The number of benzene rings is 2. The maximum atomic E-state index is 12.6. The van der Waals surface area contributed by atoms with E-state index in [4.69, 9.17) is 5.41 Å². The summed E-state index contributed by atoms with van der Waals surface area (Å²) in [6, 6.07) is 4.61. The average molecular weight is 531 g/mol. The van der Waals surface area contributed by atoms with Crippen LogP contribution in [0.25, 0.3) is 0 Å². The largest absolute Gasteiger partial charge is 0.512 e. The van der Waals surface area contributed by atoms with Crippen LogP contribution in [0.15, 0.2) is 41.7 Å². The molecule has 13 nitrogen and oxygen atoms in total. The fourth-order valence-corrected chi connectivity index (χ4v) is 4.57.